The van der Waals surface area contributed by atoms with E-state index in [0.717, 1.165) is 3.57 Å². The van der Waals surface area contributed by atoms with E-state index in [2.05, 4.69) is 0 Å². The van der Waals surface area contributed by atoms with Crippen LogP contribution in [0.1, 0.15) is 10.4 Å². The van der Waals surface area contributed by atoms with Crippen LogP contribution in [0, 0.1) is 3.57 Å². The van der Waals surface area contributed by atoms with Crippen molar-refractivity contribution in [1.29, 1.82) is 0 Å². The number of hydrogen-bond acceptors (Lipinski definition) is 3. The van der Waals surface area contributed by atoms with Crippen molar-refractivity contribution < 1.29 is 19.7 Å². The molecule has 14 heavy (non-hydrogen) atoms. The summed E-state index contributed by atoms with van der Waals surface area (Å²) in [6.07, 6.45) is 0. The van der Waals surface area contributed by atoms with Crippen LogP contribution in [0.4, 0.5) is 0 Å². The fourth-order valence-corrected chi connectivity index (χ4v) is 1.39. The van der Waals surface area contributed by atoms with Gasteiger partial charge in [-0.1, -0.05) is 0 Å². The Morgan fingerprint density at radius 2 is 2.21 bits per heavy atom. The highest BCUT2D eigenvalue weighted by Gasteiger charge is 2.07. The SMILES string of the molecule is O=C(O)c1ccc(I)c(OCCO)c1. The van der Waals surface area contributed by atoms with Gasteiger partial charge in [-0.3, -0.25) is 0 Å². The minimum atomic E-state index is -0.991. The van der Waals surface area contributed by atoms with Gasteiger partial charge in [-0.05, 0) is 40.8 Å². The second-order valence-electron chi connectivity index (χ2n) is 2.52. The molecule has 0 saturated carbocycles. The third kappa shape index (κ3) is 2.85. The van der Waals surface area contributed by atoms with Gasteiger partial charge in [0.05, 0.1) is 15.7 Å². The number of carbonyl (C=O) groups is 1. The minimum Gasteiger partial charge on any atom is -0.490 e. The predicted octanol–water partition coefficient (Wildman–Crippen LogP) is 1.36. The van der Waals surface area contributed by atoms with Crippen molar-refractivity contribution in [3.63, 3.8) is 0 Å². The van der Waals surface area contributed by atoms with E-state index in [1.165, 1.54) is 12.1 Å². The maximum Gasteiger partial charge on any atom is 0.335 e. The largest absolute Gasteiger partial charge is 0.490 e. The number of ether oxygens (including phenoxy) is 1. The van der Waals surface area contributed by atoms with Gasteiger partial charge in [0.15, 0.2) is 0 Å². The van der Waals surface area contributed by atoms with Crippen molar-refractivity contribution in [3.8, 4) is 5.75 Å². The number of rotatable bonds is 4. The molecule has 0 amide bonds. The minimum absolute atomic E-state index is 0.0899. The maximum absolute atomic E-state index is 10.6. The highest BCUT2D eigenvalue weighted by atomic mass is 127. The van der Waals surface area contributed by atoms with Crippen LogP contribution in [0.2, 0.25) is 0 Å². The Morgan fingerprint density at radius 1 is 1.50 bits per heavy atom. The number of benzene rings is 1. The van der Waals surface area contributed by atoms with Crippen LogP contribution in [0.15, 0.2) is 18.2 Å². The normalized spacial score (nSPS) is 9.86. The van der Waals surface area contributed by atoms with E-state index in [0.29, 0.717) is 5.75 Å². The lowest BCUT2D eigenvalue weighted by atomic mass is 10.2. The highest BCUT2D eigenvalue weighted by Crippen LogP contribution is 2.22. The topological polar surface area (TPSA) is 66.8 Å². The lowest BCUT2D eigenvalue weighted by Gasteiger charge is -2.07. The summed E-state index contributed by atoms with van der Waals surface area (Å²) >= 11 is 2.04. The van der Waals surface area contributed by atoms with Crippen LogP contribution in [0.25, 0.3) is 0 Å². The molecular formula is C9H9IO4. The van der Waals surface area contributed by atoms with Gasteiger partial charge in [0.2, 0.25) is 0 Å². The van der Waals surface area contributed by atoms with Gasteiger partial charge in [0.1, 0.15) is 12.4 Å². The Hall–Kier alpha value is -0.820. The zero-order valence-electron chi connectivity index (χ0n) is 7.24. The molecule has 2 N–H and O–H groups in total. The molecule has 0 unspecified atom stereocenters. The highest BCUT2D eigenvalue weighted by molar-refractivity contribution is 14.1. The molecule has 0 aliphatic rings. The molecule has 5 heteroatoms. The van der Waals surface area contributed by atoms with Gasteiger partial charge in [-0.25, -0.2) is 4.79 Å². The van der Waals surface area contributed by atoms with Gasteiger partial charge in [0.25, 0.3) is 0 Å². The predicted molar refractivity (Wildman–Crippen MR) is 58.7 cm³/mol. The zero-order chi connectivity index (χ0) is 10.6. The quantitative estimate of drug-likeness (QED) is 0.824. The summed E-state index contributed by atoms with van der Waals surface area (Å²) < 4.78 is 5.98. The van der Waals surface area contributed by atoms with Gasteiger partial charge >= 0.3 is 5.97 Å². The van der Waals surface area contributed by atoms with E-state index in [1.54, 1.807) is 6.07 Å². The first kappa shape index (κ1) is 11.3. The Morgan fingerprint density at radius 3 is 2.79 bits per heavy atom. The summed E-state index contributed by atoms with van der Waals surface area (Å²) in [4.78, 5) is 10.6. The third-order valence-electron chi connectivity index (χ3n) is 1.53. The number of aromatic carboxylic acids is 1. The molecule has 0 fully saturated rings. The Balaban J connectivity index is 2.90. The van der Waals surface area contributed by atoms with Crippen LogP contribution >= 0.6 is 22.6 Å². The Labute approximate surface area is 94.7 Å². The molecule has 0 atom stereocenters. The zero-order valence-corrected chi connectivity index (χ0v) is 9.39. The van der Waals surface area contributed by atoms with E-state index in [-0.39, 0.29) is 18.8 Å². The first-order chi connectivity index (χ1) is 6.65. The second-order valence-corrected chi connectivity index (χ2v) is 3.68. The fourth-order valence-electron chi connectivity index (χ4n) is 0.903. The molecule has 0 aliphatic carbocycles. The number of halogens is 1. The van der Waals surface area contributed by atoms with E-state index >= 15 is 0 Å². The summed E-state index contributed by atoms with van der Waals surface area (Å²) in [5.74, 6) is -0.505. The number of carboxylic acid groups (broad SMARTS) is 1. The molecule has 0 radical (unpaired) electrons. The van der Waals surface area contributed by atoms with E-state index < -0.39 is 5.97 Å². The molecule has 0 aromatic heterocycles. The van der Waals surface area contributed by atoms with Gasteiger partial charge in [-0.2, -0.15) is 0 Å². The van der Waals surface area contributed by atoms with Crippen LogP contribution < -0.4 is 4.74 Å². The lowest BCUT2D eigenvalue weighted by molar-refractivity contribution is 0.0696. The molecule has 76 valence electrons. The Kier molecular flexibility index (Phi) is 4.15. The average molecular weight is 308 g/mol. The smallest absolute Gasteiger partial charge is 0.335 e. The van der Waals surface area contributed by atoms with Crippen LogP contribution in [-0.4, -0.2) is 29.4 Å². The number of aliphatic hydroxyl groups excluding tert-OH is 1. The second kappa shape index (κ2) is 5.16. The standard InChI is InChI=1S/C9H9IO4/c10-7-2-1-6(9(12)13)5-8(7)14-4-3-11/h1-2,5,11H,3-4H2,(H,12,13). The van der Waals surface area contributed by atoms with Crippen molar-refractivity contribution in [2.75, 3.05) is 13.2 Å². The molecule has 0 bridgehead atoms. The molecule has 4 nitrogen and oxygen atoms in total. The van der Waals surface area contributed by atoms with Crippen LogP contribution in [0.3, 0.4) is 0 Å². The van der Waals surface area contributed by atoms with Crippen LogP contribution in [0.5, 0.6) is 5.75 Å². The van der Waals surface area contributed by atoms with Crippen molar-refractivity contribution in [1.82, 2.24) is 0 Å². The molecule has 0 saturated heterocycles. The van der Waals surface area contributed by atoms with Crippen LogP contribution in [-0.2, 0) is 0 Å². The summed E-state index contributed by atoms with van der Waals surface area (Å²) in [5, 5.41) is 17.3. The maximum atomic E-state index is 10.6. The van der Waals surface area contributed by atoms with Gasteiger partial charge < -0.3 is 14.9 Å². The molecule has 1 aromatic carbocycles. The molecular weight excluding hydrogens is 299 g/mol. The lowest BCUT2D eigenvalue weighted by Crippen LogP contribution is -2.04. The monoisotopic (exact) mass is 308 g/mol. The number of aliphatic hydroxyl groups is 1. The summed E-state index contributed by atoms with van der Waals surface area (Å²) in [5.41, 5.74) is 0.179. The van der Waals surface area contributed by atoms with E-state index in [9.17, 15) is 4.79 Å². The summed E-state index contributed by atoms with van der Waals surface area (Å²) in [6.45, 7) is 0.0758. The van der Waals surface area contributed by atoms with E-state index in [1.807, 2.05) is 22.6 Å². The Bertz CT molecular complexity index is 338. The van der Waals surface area contributed by atoms with Crippen molar-refractivity contribution >= 4 is 28.6 Å². The first-order valence-corrected chi connectivity index (χ1v) is 4.99. The molecule has 0 heterocycles. The first-order valence-electron chi connectivity index (χ1n) is 3.91. The third-order valence-corrected chi connectivity index (χ3v) is 2.42. The molecule has 0 aliphatic heterocycles. The van der Waals surface area contributed by atoms with Crippen molar-refractivity contribution in [2.24, 2.45) is 0 Å². The molecule has 0 spiro atoms. The number of carboxylic acids is 1. The van der Waals surface area contributed by atoms with Gasteiger partial charge in [0, 0.05) is 0 Å². The summed E-state index contributed by atoms with van der Waals surface area (Å²) in [6, 6.07) is 4.62. The summed E-state index contributed by atoms with van der Waals surface area (Å²) in [7, 11) is 0. The fraction of sp³-hybridized carbons (Fsp3) is 0.222. The van der Waals surface area contributed by atoms with Gasteiger partial charge in [-0.15, -0.1) is 0 Å². The number of hydrogen-bond donors (Lipinski definition) is 2. The van der Waals surface area contributed by atoms with Crippen molar-refractivity contribution in [3.05, 3.63) is 27.3 Å². The van der Waals surface area contributed by atoms with Crippen molar-refractivity contribution in [2.45, 2.75) is 0 Å². The molecule has 1 rings (SSSR count). The van der Waals surface area contributed by atoms with E-state index in [4.69, 9.17) is 14.9 Å². The molecule has 1 aromatic rings. The average Bonchev–Trinajstić information content (AvgIpc) is 2.16.